The van der Waals surface area contributed by atoms with Crippen LogP contribution >= 0.6 is 23.1 Å². The topological polar surface area (TPSA) is 94.6 Å². The fourth-order valence-electron chi connectivity index (χ4n) is 1.85. The Morgan fingerprint density at radius 3 is 2.80 bits per heavy atom. The molecule has 2 rings (SSSR count). The lowest BCUT2D eigenvalue weighted by Gasteiger charge is -2.12. The van der Waals surface area contributed by atoms with Gasteiger partial charge in [0.25, 0.3) is 5.91 Å². The molecular formula is C16H18N2O5S2. The number of carbonyl (C=O) groups is 3. The minimum absolute atomic E-state index is 0.188. The SMILES string of the molecule is COC(=O)NC(=O)[C@@H](C)OC(=O)CCCSc1nc2ccccc2s1. The monoisotopic (exact) mass is 382 g/mol. The summed E-state index contributed by atoms with van der Waals surface area (Å²) in [5.41, 5.74) is 0.972. The van der Waals surface area contributed by atoms with Crippen molar-refractivity contribution in [3.63, 3.8) is 0 Å². The van der Waals surface area contributed by atoms with E-state index in [2.05, 4.69) is 9.72 Å². The zero-order valence-corrected chi connectivity index (χ0v) is 15.4. The molecule has 0 aliphatic rings. The Morgan fingerprint density at radius 2 is 2.08 bits per heavy atom. The van der Waals surface area contributed by atoms with Crippen LogP contribution in [-0.2, 0) is 19.1 Å². The lowest BCUT2D eigenvalue weighted by molar-refractivity contribution is -0.154. The van der Waals surface area contributed by atoms with Gasteiger partial charge >= 0.3 is 12.1 Å². The summed E-state index contributed by atoms with van der Waals surface area (Å²) < 4.78 is 11.4. The zero-order valence-electron chi connectivity index (χ0n) is 13.8. The molecule has 25 heavy (non-hydrogen) atoms. The van der Waals surface area contributed by atoms with E-state index in [-0.39, 0.29) is 6.42 Å². The molecular weight excluding hydrogens is 364 g/mol. The smallest absolute Gasteiger partial charge is 0.413 e. The second-order valence-electron chi connectivity index (χ2n) is 5.01. The van der Waals surface area contributed by atoms with Gasteiger partial charge in [-0.15, -0.1) is 11.3 Å². The van der Waals surface area contributed by atoms with Crippen LogP contribution in [0, 0.1) is 0 Å². The molecule has 1 aromatic carbocycles. The number of carbonyl (C=O) groups excluding carboxylic acids is 3. The number of alkyl carbamates (subject to hydrolysis) is 1. The van der Waals surface area contributed by atoms with E-state index in [0.717, 1.165) is 27.4 Å². The molecule has 0 aliphatic heterocycles. The fourth-order valence-corrected chi connectivity index (χ4v) is 3.93. The van der Waals surface area contributed by atoms with Crippen molar-refractivity contribution in [1.82, 2.24) is 10.3 Å². The number of imide groups is 1. The van der Waals surface area contributed by atoms with E-state index in [4.69, 9.17) is 4.74 Å². The van der Waals surface area contributed by atoms with Crippen molar-refractivity contribution < 1.29 is 23.9 Å². The number of benzene rings is 1. The quantitative estimate of drug-likeness (QED) is 0.447. The van der Waals surface area contributed by atoms with Crippen LogP contribution in [0.4, 0.5) is 4.79 Å². The van der Waals surface area contributed by atoms with Gasteiger partial charge < -0.3 is 9.47 Å². The van der Waals surface area contributed by atoms with Gasteiger partial charge in [0.15, 0.2) is 10.4 Å². The van der Waals surface area contributed by atoms with Crippen molar-refractivity contribution in [3.8, 4) is 0 Å². The Bertz CT molecular complexity index is 729. The van der Waals surface area contributed by atoms with E-state index in [1.165, 1.54) is 6.92 Å². The standard InChI is InChI=1S/C16H18N2O5S2/c1-10(14(20)18-15(21)22-2)23-13(19)8-5-9-24-16-17-11-6-3-4-7-12(11)25-16/h3-4,6-7,10H,5,8-9H2,1-2H3,(H,18,20,21)/t10-/m1/s1. The maximum atomic E-state index is 11.7. The summed E-state index contributed by atoms with van der Waals surface area (Å²) in [5, 5.41) is 1.95. The van der Waals surface area contributed by atoms with Crippen LogP contribution in [0.25, 0.3) is 10.2 Å². The molecule has 0 saturated heterocycles. The molecule has 0 unspecified atom stereocenters. The third-order valence-electron chi connectivity index (χ3n) is 3.11. The van der Waals surface area contributed by atoms with Gasteiger partial charge in [0, 0.05) is 12.2 Å². The van der Waals surface area contributed by atoms with Gasteiger partial charge in [-0.05, 0) is 25.5 Å². The van der Waals surface area contributed by atoms with Gasteiger partial charge in [0.2, 0.25) is 0 Å². The van der Waals surface area contributed by atoms with Crippen molar-refractivity contribution in [3.05, 3.63) is 24.3 Å². The number of amides is 2. The molecule has 0 aliphatic carbocycles. The van der Waals surface area contributed by atoms with Crippen molar-refractivity contribution in [2.75, 3.05) is 12.9 Å². The highest BCUT2D eigenvalue weighted by Crippen LogP contribution is 2.29. The van der Waals surface area contributed by atoms with Gasteiger partial charge in [-0.1, -0.05) is 23.9 Å². The third-order valence-corrected chi connectivity index (χ3v) is 5.38. The first-order chi connectivity index (χ1) is 12.0. The average molecular weight is 382 g/mol. The Balaban J connectivity index is 1.68. The van der Waals surface area contributed by atoms with Crippen LogP contribution in [0.3, 0.4) is 0 Å². The number of hydrogen-bond donors (Lipinski definition) is 1. The second kappa shape index (κ2) is 9.38. The van der Waals surface area contributed by atoms with Crippen molar-refractivity contribution in [2.24, 2.45) is 0 Å². The first-order valence-electron chi connectivity index (χ1n) is 7.56. The number of nitrogens with zero attached hydrogens (tertiary/aromatic N) is 1. The molecule has 0 saturated carbocycles. The normalized spacial score (nSPS) is 11.8. The number of para-hydroxylation sites is 1. The van der Waals surface area contributed by atoms with E-state index < -0.39 is 24.1 Å². The second-order valence-corrected chi connectivity index (χ2v) is 7.39. The summed E-state index contributed by atoms with van der Waals surface area (Å²) in [5.74, 6) is -0.487. The van der Waals surface area contributed by atoms with E-state index in [0.29, 0.717) is 6.42 Å². The number of thiazole rings is 1. The van der Waals surface area contributed by atoms with Crippen molar-refractivity contribution in [1.29, 1.82) is 0 Å². The highest BCUT2D eigenvalue weighted by atomic mass is 32.2. The van der Waals surface area contributed by atoms with Gasteiger partial charge in [-0.3, -0.25) is 14.9 Å². The molecule has 9 heteroatoms. The molecule has 1 heterocycles. The number of thioether (sulfide) groups is 1. The molecule has 0 bridgehead atoms. The summed E-state index contributed by atoms with van der Waals surface area (Å²) in [7, 11) is 1.14. The van der Waals surface area contributed by atoms with Crippen molar-refractivity contribution >= 4 is 51.3 Å². The Hall–Kier alpha value is -2.13. The number of esters is 1. The maximum absolute atomic E-state index is 11.7. The molecule has 1 N–H and O–H groups in total. The van der Waals surface area contributed by atoms with E-state index in [9.17, 15) is 14.4 Å². The van der Waals surface area contributed by atoms with Gasteiger partial charge in [-0.25, -0.2) is 9.78 Å². The Labute approximate surface area is 153 Å². The van der Waals surface area contributed by atoms with E-state index in [1.54, 1.807) is 23.1 Å². The van der Waals surface area contributed by atoms with E-state index >= 15 is 0 Å². The molecule has 7 nitrogen and oxygen atoms in total. The number of ether oxygens (including phenoxy) is 2. The minimum atomic E-state index is -1.05. The highest BCUT2D eigenvalue weighted by molar-refractivity contribution is 8.01. The lowest BCUT2D eigenvalue weighted by Crippen LogP contribution is -2.39. The number of rotatable bonds is 7. The average Bonchev–Trinajstić information content (AvgIpc) is 3.01. The summed E-state index contributed by atoms with van der Waals surface area (Å²) >= 11 is 3.20. The van der Waals surface area contributed by atoms with Crippen LogP contribution in [0.1, 0.15) is 19.8 Å². The fraction of sp³-hybridized carbons (Fsp3) is 0.375. The van der Waals surface area contributed by atoms with Crippen LogP contribution in [0.5, 0.6) is 0 Å². The maximum Gasteiger partial charge on any atom is 0.413 e. The van der Waals surface area contributed by atoms with Crippen LogP contribution < -0.4 is 5.32 Å². The van der Waals surface area contributed by atoms with Crippen molar-refractivity contribution in [2.45, 2.75) is 30.2 Å². The van der Waals surface area contributed by atoms with Gasteiger partial charge in [0.05, 0.1) is 17.3 Å². The number of aromatic nitrogens is 1. The predicted molar refractivity (Wildman–Crippen MR) is 95.7 cm³/mol. The molecule has 1 atom stereocenters. The molecule has 2 amide bonds. The van der Waals surface area contributed by atoms with Gasteiger partial charge in [-0.2, -0.15) is 0 Å². The molecule has 134 valence electrons. The van der Waals surface area contributed by atoms with Gasteiger partial charge in [0.1, 0.15) is 0 Å². The number of hydrogen-bond acceptors (Lipinski definition) is 8. The molecule has 0 fully saturated rings. The first-order valence-corrected chi connectivity index (χ1v) is 9.36. The lowest BCUT2D eigenvalue weighted by atomic mass is 10.3. The van der Waals surface area contributed by atoms with Crippen LogP contribution in [0.2, 0.25) is 0 Å². The molecule has 2 aromatic rings. The largest absolute Gasteiger partial charge is 0.453 e. The van der Waals surface area contributed by atoms with Crippen LogP contribution in [0.15, 0.2) is 28.6 Å². The summed E-state index contributed by atoms with van der Waals surface area (Å²) in [4.78, 5) is 38.7. The molecule has 0 radical (unpaired) electrons. The number of nitrogens with one attached hydrogen (secondary N) is 1. The highest BCUT2D eigenvalue weighted by Gasteiger charge is 2.19. The minimum Gasteiger partial charge on any atom is -0.453 e. The third kappa shape index (κ3) is 6.02. The number of methoxy groups -OCH3 is 1. The number of fused-ring (bicyclic) bond motifs is 1. The van der Waals surface area contributed by atoms with Crippen LogP contribution in [-0.4, -0.2) is 41.9 Å². The van der Waals surface area contributed by atoms with E-state index in [1.807, 2.05) is 29.6 Å². The summed E-state index contributed by atoms with van der Waals surface area (Å²) in [6, 6.07) is 7.91. The summed E-state index contributed by atoms with van der Waals surface area (Å²) in [6.45, 7) is 1.39. The molecule has 0 spiro atoms. The Morgan fingerprint density at radius 1 is 1.32 bits per heavy atom. The first kappa shape index (κ1) is 19.2. The molecule has 1 aromatic heterocycles. The summed E-state index contributed by atoms with van der Waals surface area (Å²) in [6.07, 6.45) is -1.15. The zero-order chi connectivity index (χ0) is 18.2. The Kier molecular flexibility index (Phi) is 7.20. The predicted octanol–water partition coefficient (Wildman–Crippen LogP) is 2.98.